The second-order valence-corrected chi connectivity index (χ2v) is 7.33. The summed E-state index contributed by atoms with van der Waals surface area (Å²) in [5.41, 5.74) is -0.497. The van der Waals surface area contributed by atoms with Crippen LogP contribution in [0.3, 0.4) is 0 Å². The summed E-state index contributed by atoms with van der Waals surface area (Å²) >= 11 is 0. The molecule has 3 aromatic carbocycles. The normalized spacial score (nSPS) is 10.0. The Hall–Kier alpha value is -5.17. The second-order valence-electron chi connectivity index (χ2n) is 7.33. The Morgan fingerprint density at radius 3 is 1.51 bits per heavy atom. The topological polar surface area (TPSA) is 138 Å². The molecular formula is C27H21NO9. The highest BCUT2D eigenvalue weighted by molar-refractivity contribution is 6.07. The van der Waals surface area contributed by atoms with Crippen molar-refractivity contribution in [2.24, 2.45) is 0 Å². The summed E-state index contributed by atoms with van der Waals surface area (Å²) in [4.78, 5) is 50.0. The fraction of sp³-hybridized carbons (Fsp3) is 0.148. The predicted octanol–water partition coefficient (Wildman–Crippen LogP) is 4.16. The van der Waals surface area contributed by atoms with Crippen molar-refractivity contribution in [1.29, 1.82) is 5.26 Å². The van der Waals surface area contributed by atoms with Gasteiger partial charge in [-0.15, -0.1) is 0 Å². The molecule has 0 saturated heterocycles. The summed E-state index contributed by atoms with van der Waals surface area (Å²) in [6.07, 6.45) is 0. The van der Waals surface area contributed by atoms with Gasteiger partial charge in [-0.05, 0) is 36.4 Å². The van der Waals surface area contributed by atoms with E-state index < -0.39 is 23.9 Å². The summed E-state index contributed by atoms with van der Waals surface area (Å²) < 4.78 is 25.2. The van der Waals surface area contributed by atoms with Gasteiger partial charge in [0.15, 0.2) is 0 Å². The van der Waals surface area contributed by atoms with Crippen molar-refractivity contribution in [2.45, 2.75) is 0 Å². The van der Waals surface area contributed by atoms with Crippen LogP contribution in [0.5, 0.6) is 11.5 Å². The van der Waals surface area contributed by atoms with E-state index >= 15 is 0 Å². The van der Waals surface area contributed by atoms with Crippen molar-refractivity contribution in [2.75, 3.05) is 28.4 Å². The Kier molecular flexibility index (Phi) is 8.22. The maximum Gasteiger partial charge on any atom is 0.338 e. The molecule has 0 saturated carbocycles. The molecule has 0 aliphatic carbocycles. The average molecular weight is 503 g/mol. The molecule has 0 aliphatic rings. The highest BCUT2D eigenvalue weighted by atomic mass is 16.5. The van der Waals surface area contributed by atoms with Crippen molar-refractivity contribution in [3.63, 3.8) is 0 Å². The van der Waals surface area contributed by atoms with Crippen molar-refractivity contribution in [3.05, 3.63) is 82.4 Å². The highest BCUT2D eigenvalue weighted by Crippen LogP contribution is 2.39. The van der Waals surface area contributed by atoms with Crippen molar-refractivity contribution >= 4 is 23.9 Å². The number of nitriles is 1. The average Bonchev–Trinajstić information content (AvgIpc) is 2.95. The lowest BCUT2D eigenvalue weighted by Crippen LogP contribution is -2.14. The molecular weight excluding hydrogens is 482 g/mol. The van der Waals surface area contributed by atoms with Crippen LogP contribution in [0, 0.1) is 11.3 Å². The Labute approximate surface area is 211 Å². The smallest absolute Gasteiger partial charge is 0.338 e. The molecule has 0 unspecified atom stereocenters. The minimum atomic E-state index is -0.865. The van der Waals surface area contributed by atoms with Crippen LogP contribution in [0.1, 0.15) is 47.0 Å². The first-order valence-electron chi connectivity index (χ1n) is 10.6. The first-order chi connectivity index (χ1) is 17.8. The first kappa shape index (κ1) is 26.4. The SMILES string of the molecule is COC(=O)c1cc(C#N)c(-c2cc(C(=O)OC)c(C(=O)OC)cc2Oc2ccccc2)cc1C(=O)OC. The van der Waals surface area contributed by atoms with E-state index in [1.807, 2.05) is 6.07 Å². The van der Waals surface area contributed by atoms with Gasteiger partial charge in [-0.2, -0.15) is 5.26 Å². The molecule has 0 atom stereocenters. The van der Waals surface area contributed by atoms with Gasteiger partial charge >= 0.3 is 23.9 Å². The van der Waals surface area contributed by atoms with Gasteiger partial charge in [0.05, 0.1) is 62.3 Å². The lowest BCUT2D eigenvalue weighted by atomic mass is 9.91. The number of ether oxygens (including phenoxy) is 5. The van der Waals surface area contributed by atoms with Crippen LogP contribution in [-0.4, -0.2) is 52.3 Å². The number of esters is 4. The summed E-state index contributed by atoms with van der Waals surface area (Å²) in [5, 5.41) is 9.91. The van der Waals surface area contributed by atoms with Crippen LogP contribution in [-0.2, 0) is 18.9 Å². The maximum atomic E-state index is 12.6. The van der Waals surface area contributed by atoms with E-state index in [1.165, 1.54) is 24.3 Å². The van der Waals surface area contributed by atoms with Crippen molar-refractivity contribution < 1.29 is 42.9 Å². The van der Waals surface area contributed by atoms with Crippen LogP contribution < -0.4 is 4.74 Å². The highest BCUT2D eigenvalue weighted by Gasteiger charge is 2.27. The first-order valence-corrected chi connectivity index (χ1v) is 10.6. The molecule has 188 valence electrons. The molecule has 10 nitrogen and oxygen atoms in total. The number of methoxy groups -OCH3 is 4. The van der Waals surface area contributed by atoms with E-state index in [1.54, 1.807) is 30.3 Å². The molecule has 0 amide bonds. The van der Waals surface area contributed by atoms with E-state index in [-0.39, 0.29) is 44.7 Å². The predicted molar refractivity (Wildman–Crippen MR) is 128 cm³/mol. The molecule has 10 heteroatoms. The Balaban J connectivity index is 2.43. The van der Waals surface area contributed by atoms with E-state index in [4.69, 9.17) is 23.7 Å². The Morgan fingerprint density at radius 2 is 1.05 bits per heavy atom. The molecule has 0 aromatic heterocycles. The zero-order valence-electron chi connectivity index (χ0n) is 20.3. The number of rotatable bonds is 7. The van der Waals surface area contributed by atoms with Gasteiger partial charge in [-0.3, -0.25) is 0 Å². The van der Waals surface area contributed by atoms with Gasteiger partial charge in [0.25, 0.3) is 0 Å². The van der Waals surface area contributed by atoms with Gasteiger partial charge in [-0.1, -0.05) is 18.2 Å². The quantitative estimate of drug-likeness (QED) is 0.341. The third-order valence-corrected chi connectivity index (χ3v) is 5.28. The Morgan fingerprint density at radius 1 is 0.622 bits per heavy atom. The van der Waals surface area contributed by atoms with E-state index in [2.05, 4.69) is 0 Å². The van der Waals surface area contributed by atoms with Crippen LogP contribution in [0.2, 0.25) is 0 Å². The standard InChI is InChI=1S/C27H21NO9/c1-33-24(29)19-10-15(14-28)17(11-20(19)25(30)34-2)18-12-21(26(31)35-3)22(27(32)36-4)13-23(18)37-16-8-6-5-7-9-16/h5-13H,1-4H3. The third-order valence-electron chi connectivity index (χ3n) is 5.28. The molecule has 0 bridgehead atoms. The van der Waals surface area contributed by atoms with E-state index in [9.17, 15) is 24.4 Å². The van der Waals surface area contributed by atoms with Gasteiger partial charge in [0, 0.05) is 11.1 Å². The lowest BCUT2D eigenvalue weighted by molar-refractivity contribution is 0.0555. The molecule has 0 fully saturated rings. The number of benzene rings is 3. The molecule has 37 heavy (non-hydrogen) atoms. The number of nitrogens with zero attached hydrogens (tertiary/aromatic N) is 1. The van der Waals surface area contributed by atoms with Crippen molar-refractivity contribution in [1.82, 2.24) is 0 Å². The largest absolute Gasteiger partial charge is 0.465 e. The molecule has 3 rings (SSSR count). The minimum Gasteiger partial charge on any atom is -0.465 e. The summed E-state index contributed by atoms with van der Waals surface area (Å²) in [7, 11) is 4.55. The number of carbonyl (C=O) groups excluding carboxylic acids is 4. The van der Waals surface area contributed by atoms with Crippen LogP contribution in [0.25, 0.3) is 11.1 Å². The summed E-state index contributed by atoms with van der Waals surface area (Å²) in [6, 6.07) is 15.5. The molecule has 0 aliphatic heterocycles. The third kappa shape index (κ3) is 5.41. The van der Waals surface area contributed by atoms with Crippen LogP contribution in [0.4, 0.5) is 0 Å². The fourth-order valence-electron chi connectivity index (χ4n) is 3.52. The maximum absolute atomic E-state index is 12.6. The van der Waals surface area contributed by atoms with Crippen molar-refractivity contribution in [3.8, 4) is 28.7 Å². The van der Waals surface area contributed by atoms with Crippen LogP contribution in [0.15, 0.2) is 54.6 Å². The lowest BCUT2D eigenvalue weighted by Gasteiger charge is -2.17. The molecule has 0 heterocycles. The van der Waals surface area contributed by atoms with E-state index in [0.717, 1.165) is 28.4 Å². The van der Waals surface area contributed by atoms with Gasteiger partial charge in [-0.25, -0.2) is 19.2 Å². The minimum absolute atomic E-state index is 0.0485. The number of hydrogen-bond acceptors (Lipinski definition) is 10. The summed E-state index contributed by atoms with van der Waals surface area (Å²) in [5.74, 6) is -2.98. The number of hydrogen-bond donors (Lipinski definition) is 0. The van der Waals surface area contributed by atoms with Crippen LogP contribution >= 0.6 is 0 Å². The molecule has 0 spiro atoms. The fourth-order valence-corrected chi connectivity index (χ4v) is 3.52. The van der Waals surface area contributed by atoms with Gasteiger partial charge in [0.1, 0.15) is 11.5 Å². The molecule has 0 N–H and O–H groups in total. The zero-order chi connectivity index (χ0) is 27.1. The second kappa shape index (κ2) is 11.5. The molecule has 0 radical (unpaired) electrons. The zero-order valence-corrected chi connectivity index (χ0v) is 20.3. The Bertz CT molecular complexity index is 1420. The number of carbonyl (C=O) groups is 4. The number of para-hydroxylation sites is 1. The molecule has 3 aromatic rings. The van der Waals surface area contributed by atoms with E-state index in [0.29, 0.717) is 5.75 Å². The monoisotopic (exact) mass is 503 g/mol. The van der Waals surface area contributed by atoms with Gasteiger partial charge < -0.3 is 23.7 Å². The summed E-state index contributed by atoms with van der Waals surface area (Å²) in [6.45, 7) is 0. The van der Waals surface area contributed by atoms with Gasteiger partial charge in [0.2, 0.25) is 0 Å².